The van der Waals surface area contributed by atoms with Crippen LogP contribution in [0.2, 0.25) is 0 Å². The van der Waals surface area contributed by atoms with Gasteiger partial charge in [-0.05, 0) is 32.2 Å². The largest absolute Gasteiger partial charge is 0.480 e. The van der Waals surface area contributed by atoms with Crippen LogP contribution in [0.1, 0.15) is 25.7 Å². The molecule has 0 amide bonds. The predicted molar refractivity (Wildman–Crippen MR) is 74.5 cm³/mol. The van der Waals surface area contributed by atoms with E-state index in [2.05, 4.69) is 11.1 Å². The van der Waals surface area contributed by atoms with E-state index in [4.69, 9.17) is 20.5 Å². The summed E-state index contributed by atoms with van der Waals surface area (Å²) >= 11 is 0. The van der Waals surface area contributed by atoms with Crippen LogP contribution in [0.15, 0.2) is 0 Å². The van der Waals surface area contributed by atoms with Crippen LogP contribution < -0.4 is 11.1 Å². The second-order valence-electron chi connectivity index (χ2n) is 4.74. The lowest BCUT2D eigenvalue weighted by Gasteiger charge is -2.11. The van der Waals surface area contributed by atoms with E-state index >= 15 is 0 Å². The van der Waals surface area contributed by atoms with Gasteiger partial charge in [-0.2, -0.15) is 5.06 Å². The summed E-state index contributed by atoms with van der Waals surface area (Å²) in [4.78, 5) is 29.6. The zero-order valence-corrected chi connectivity index (χ0v) is 12.1. The number of hydrogen-bond acceptors (Lipinski definition) is 7. The van der Waals surface area contributed by atoms with Crippen molar-refractivity contribution in [3.05, 3.63) is 0 Å². The molecule has 2 aliphatic heterocycles. The SMILES string of the molecule is NCC(=O)O.O=C(O)C1CCCN1.O=C(O)C1CCCN1O. The first kappa shape index (κ1) is 20.2. The minimum absolute atomic E-state index is 0.269. The van der Waals surface area contributed by atoms with Gasteiger partial charge in [0.1, 0.15) is 12.1 Å². The molecule has 128 valence electrons. The molecule has 0 aliphatic carbocycles. The smallest absolute Gasteiger partial charge is 0.323 e. The van der Waals surface area contributed by atoms with E-state index < -0.39 is 23.9 Å². The zero-order valence-electron chi connectivity index (χ0n) is 12.1. The Bertz CT molecular complexity index is 372. The zero-order chi connectivity index (χ0) is 17.1. The van der Waals surface area contributed by atoms with Gasteiger partial charge in [-0.1, -0.05) is 0 Å². The molecule has 0 bridgehead atoms. The standard InChI is InChI=1S/C5H9NO3.C5H9NO2.C2H5NO2/c7-5(8)4-2-1-3-6(4)9;7-5(8)4-2-1-3-6-4;3-1-2(4)5/h4,9H,1-3H2,(H,7,8);4,6H,1-3H2,(H,7,8);1,3H2,(H,4,5). The number of nitrogens with two attached hydrogens (primary N) is 1. The third-order valence-corrected chi connectivity index (χ3v) is 3.04. The van der Waals surface area contributed by atoms with E-state index in [1.807, 2.05) is 0 Å². The highest BCUT2D eigenvalue weighted by Gasteiger charge is 2.28. The molecule has 0 aromatic heterocycles. The van der Waals surface area contributed by atoms with Gasteiger partial charge < -0.3 is 31.6 Å². The number of hydrogen-bond donors (Lipinski definition) is 6. The van der Waals surface area contributed by atoms with E-state index in [9.17, 15) is 14.4 Å². The molecule has 22 heavy (non-hydrogen) atoms. The maximum Gasteiger partial charge on any atom is 0.323 e. The fraction of sp³-hybridized carbons (Fsp3) is 0.750. The van der Waals surface area contributed by atoms with Gasteiger partial charge in [0, 0.05) is 6.54 Å². The molecule has 2 fully saturated rings. The van der Waals surface area contributed by atoms with Crippen LogP contribution in [0.3, 0.4) is 0 Å². The Morgan fingerprint density at radius 3 is 1.86 bits per heavy atom. The van der Waals surface area contributed by atoms with Crippen LogP contribution in [0.4, 0.5) is 0 Å². The van der Waals surface area contributed by atoms with E-state index in [0.29, 0.717) is 13.0 Å². The fourth-order valence-corrected chi connectivity index (χ4v) is 1.90. The van der Waals surface area contributed by atoms with Gasteiger partial charge in [0.15, 0.2) is 0 Å². The van der Waals surface area contributed by atoms with Crippen molar-refractivity contribution in [1.82, 2.24) is 10.4 Å². The van der Waals surface area contributed by atoms with E-state index in [0.717, 1.165) is 30.9 Å². The highest BCUT2D eigenvalue weighted by molar-refractivity contribution is 5.74. The topological polar surface area (TPSA) is 173 Å². The van der Waals surface area contributed by atoms with Crippen molar-refractivity contribution in [3.63, 3.8) is 0 Å². The summed E-state index contributed by atoms with van der Waals surface area (Å²) < 4.78 is 0. The Balaban J connectivity index is 0.000000315. The molecule has 10 heteroatoms. The summed E-state index contributed by atoms with van der Waals surface area (Å²) in [5, 5.41) is 36.9. The van der Waals surface area contributed by atoms with Crippen molar-refractivity contribution in [2.75, 3.05) is 19.6 Å². The first-order chi connectivity index (χ1) is 10.3. The van der Waals surface area contributed by atoms with Crippen molar-refractivity contribution in [2.24, 2.45) is 5.73 Å². The Labute approximate surface area is 127 Å². The number of rotatable bonds is 3. The maximum atomic E-state index is 10.2. The second kappa shape index (κ2) is 10.9. The number of carboxylic acid groups (broad SMARTS) is 3. The van der Waals surface area contributed by atoms with Crippen molar-refractivity contribution < 1.29 is 34.9 Å². The van der Waals surface area contributed by atoms with Crippen molar-refractivity contribution in [1.29, 1.82) is 0 Å². The Morgan fingerprint density at radius 2 is 1.68 bits per heavy atom. The lowest BCUT2D eigenvalue weighted by atomic mass is 10.2. The molecular weight excluding hydrogens is 298 g/mol. The minimum Gasteiger partial charge on any atom is -0.480 e. The molecule has 0 saturated carbocycles. The van der Waals surface area contributed by atoms with Crippen LogP contribution in [0.25, 0.3) is 0 Å². The summed E-state index contributed by atoms with van der Waals surface area (Å²) in [6, 6.07) is -0.931. The molecule has 2 saturated heterocycles. The molecule has 2 unspecified atom stereocenters. The Hall–Kier alpha value is -1.75. The average Bonchev–Trinajstić information content (AvgIpc) is 3.10. The molecule has 2 aliphatic rings. The maximum absolute atomic E-state index is 10.2. The Morgan fingerprint density at radius 1 is 1.09 bits per heavy atom. The monoisotopic (exact) mass is 321 g/mol. The first-order valence-electron chi connectivity index (χ1n) is 6.86. The number of aliphatic carboxylic acids is 3. The van der Waals surface area contributed by atoms with Crippen LogP contribution in [0.5, 0.6) is 0 Å². The third-order valence-electron chi connectivity index (χ3n) is 3.04. The van der Waals surface area contributed by atoms with Gasteiger partial charge in [0.25, 0.3) is 0 Å². The quantitative estimate of drug-likeness (QED) is 0.369. The molecule has 2 atom stereocenters. The number of nitrogens with zero attached hydrogens (tertiary/aromatic N) is 1. The molecular formula is C12H23N3O7. The van der Waals surface area contributed by atoms with Gasteiger partial charge in [-0.25, -0.2) is 0 Å². The number of carbonyl (C=O) groups is 3. The van der Waals surface area contributed by atoms with Crippen LogP contribution in [0, 0.1) is 0 Å². The molecule has 0 aromatic rings. The van der Waals surface area contributed by atoms with Crippen LogP contribution in [-0.2, 0) is 14.4 Å². The fourth-order valence-electron chi connectivity index (χ4n) is 1.90. The molecule has 2 heterocycles. The van der Waals surface area contributed by atoms with Crippen molar-refractivity contribution in [3.8, 4) is 0 Å². The van der Waals surface area contributed by atoms with Gasteiger partial charge in [-0.15, -0.1) is 0 Å². The lowest BCUT2D eigenvalue weighted by Crippen LogP contribution is -2.32. The first-order valence-corrected chi connectivity index (χ1v) is 6.86. The van der Waals surface area contributed by atoms with Gasteiger partial charge >= 0.3 is 17.9 Å². The number of carboxylic acids is 3. The highest BCUT2D eigenvalue weighted by Crippen LogP contribution is 2.13. The molecule has 10 nitrogen and oxygen atoms in total. The molecule has 0 spiro atoms. The number of nitrogens with one attached hydrogen (secondary N) is 1. The molecule has 0 aromatic carbocycles. The van der Waals surface area contributed by atoms with Crippen LogP contribution >= 0.6 is 0 Å². The average molecular weight is 321 g/mol. The second-order valence-corrected chi connectivity index (χ2v) is 4.74. The number of hydroxylamine groups is 2. The summed E-state index contributed by atoms with van der Waals surface area (Å²) in [6.07, 6.45) is 3.12. The molecule has 7 N–H and O–H groups in total. The predicted octanol–water partition coefficient (Wildman–Crippen LogP) is -1.22. The Kier molecular flexibility index (Phi) is 10.0. The summed E-state index contributed by atoms with van der Waals surface area (Å²) in [5.74, 6) is -2.62. The van der Waals surface area contributed by atoms with E-state index in [-0.39, 0.29) is 12.6 Å². The van der Waals surface area contributed by atoms with Gasteiger partial charge in [0.2, 0.25) is 0 Å². The lowest BCUT2D eigenvalue weighted by molar-refractivity contribution is -0.161. The molecule has 0 radical (unpaired) electrons. The van der Waals surface area contributed by atoms with E-state index in [1.165, 1.54) is 0 Å². The van der Waals surface area contributed by atoms with Crippen molar-refractivity contribution >= 4 is 17.9 Å². The van der Waals surface area contributed by atoms with Crippen molar-refractivity contribution in [2.45, 2.75) is 37.8 Å². The third kappa shape index (κ3) is 8.52. The normalized spacial score (nSPS) is 23.7. The van der Waals surface area contributed by atoms with E-state index in [1.54, 1.807) is 0 Å². The summed E-state index contributed by atoms with van der Waals surface area (Å²) in [6.45, 7) is 1.06. The van der Waals surface area contributed by atoms with Gasteiger partial charge in [-0.3, -0.25) is 14.4 Å². The highest BCUT2D eigenvalue weighted by atomic mass is 16.5. The molecule has 2 rings (SSSR count). The van der Waals surface area contributed by atoms with Crippen LogP contribution in [-0.4, -0.2) is 75.2 Å². The van der Waals surface area contributed by atoms with Gasteiger partial charge in [0.05, 0.1) is 6.54 Å². The summed E-state index contributed by atoms with van der Waals surface area (Å²) in [5.41, 5.74) is 4.57. The summed E-state index contributed by atoms with van der Waals surface area (Å²) in [7, 11) is 0. The minimum atomic E-state index is -0.968.